The molecule has 0 atom stereocenters. The van der Waals surface area contributed by atoms with Crippen LogP contribution in [-0.2, 0) is 17.8 Å². The fourth-order valence-electron chi connectivity index (χ4n) is 1.89. The maximum Gasteiger partial charge on any atom is 0.224 e. The lowest BCUT2D eigenvalue weighted by atomic mass is 10.1. The van der Waals surface area contributed by atoms with Crippen LogP contribution in [0.4, 0.5) is 10.1 Å². The van der Waals surface area contributed by atoms with Gasteiger partial charge in [-0.25, -0.2) is 4.39 Å². The Morgan fingerprint density at radius 3 is 2.57 bits per heavy atom. The van der Waals surface area contributed by atoms with Gasteiger partial charge in [-0.15, -0.1) is 0 Å². The minimum atomic E-state index is -0.234. The third kappa shape index (κ3) is 4.56. The molecule has 2 aromatic rings. The van der Waals surface area contributed by atoms with E-state index in [1.165, 1.54) is 6.07 Å². The van der Waals surface area contributed by atoms with Crippen LogP contribution in [-0.4, -0.2) is 13.0 Å². The van der Waals surface area contributed by atoms with E-state index < -0.39 is 0 Å². The fourth-order valence-corrected chi connectivity index (χ4v) is 2.30. The van der Waals surface area contributed by atoms with Crippen molar-refractivity contribution in [2.75, 3.05) is 12.4 Å². The van der Waals surface area contributed by atoms with E-state index >= 15 is 0 Å². The van der Waals surface area contributed by atoms with Crippen LogP contribution < -0.4 is 10.6 Å². The molecule has 0 saturated carbocycles. The molecule has 110 valence electrons. The van der Waals surface area contributed by atoms with Gasteiger partial charge in [0.25, 0.3) is 0 Å². The molecule has 0 spiro atoms. The number of carbonyl (C=O) groups is 1. The predicted octanol–water partition coefficient (Wildman–Crippen LogP) is 3.49. The van der Waals surface area contributed by atoms with Crippen molar-refractivity contribution in [2.45, 2.75) is 13.0 Å². The maximum atomic E-state index is 13.6. The molecule has 0 heterocycles. The van der Waals surface area contributed by atoms with Gasteiger partial charge in [-0.1, -0.05) is 28.1 Å². The molecule has 2 N–H and O–H groups in total. The zero-order valence-corrected chi connectivity index (χ0v) is 13.2. The van der Waals surface area contributed by atoms with Crippen molar-refractivity contribution in [1.82, 2.24) is 5.32 Å². The van der Waals surface area contributed by atoms with Gasteiger partial charge in [-0.05, 0) is 35.9 Å². The minimum Gasteiger partial charge on any atom is -0.381 e. The molecule has 0 aliphatic heterocycles. The van der Waals surface area contributed by atoms with Gasteiger partial charge in [0, 0.05) is 29.3 Å². The lowest BCUT2D eigenvalue weighted by molar-refractivity contribution is -0.119. The van der Waals surface area contributed by atoms with Crippen LogP contribution in [0.3, 0.4) is 0 Å². The summed E-state index contributed by atoms with van der Waals surface area (Å²) in [6.45, 7) is 0.403. The van der Waals surface area contributed by atoms with Crippen LogP contribution >= 0.6 is 15.9 Å². The van der Waals surface area contributed by atoms with Crippen molar-refractivity contribution in [3.63, 3.8) is 0 Å². The van der Waals surface area contributed by atoms with Crippen molar-refractivity contribution in [1.29, 1.82) is 0 Å². The predicted molar refractivity (Wildman–Crippen MR) is 85.6 cm³/mol. The summed E-state index contributed by atoms with van der Waals surface area (Å²) >= 11 is 3.33. The number of hydrogen-bond donors (Lipinski definition) is 2. The second-order valence-electron chi connectivity index (χ2n) is 4.64. The summed E-state index contributed by atoms with van der Waals surface area (Å²) in [5.74, 6) is -0.256. The van der Waals surface area contributed by atoms with Crippen molar-refractivity contribution in [3.05, 3.63) is 63.9 Å². The first kappa shape index (κ1) is 15.5. The van der Waals surface area contributed by atoms with Crippen LogP contribution in [0.15, 0.2) is 46.9 Å². The van der Waals surface area contributed by atoms with E-state index in [9.17, 15) is 9.18 Å². The summed E-state index contributed by atoms with van der Waals surface area (Å²) < 4.78 is 14.5. The molecule has 2 aromatic carbocycles. The number of carbonyl (C=O) groups excluding carboxylic acids is 1. The van der Waals surface area contributed by atoms with E-state index in [-0.39, 0.29) is 11.7 Å². The smallest absolute Gasteiger partial charge is 0.224 e. The summed E-state index contributed by atoms with van der Waals surface area (Å²) in [5.41, 5.74) is 2.42. The zero-order valence-electron chi connectivity index (χ0n) is 11.6. The summed E-state index contributed by atoms with van der Waals surface area (Å²) in [4.78, 5) is 11.3. The van der Waals surface area contributed by atoms with E-state index in [0.717, 1.165) is 15.7 Å². The molecule has 0 fully saturated rings. The molecule has 0 unspecified atom stereocenters. The Balaban J connectivity index is 1.97. The maximum absolute atomic E-state index is 13.6. The zero-order chi connectivity index (χ0) is 15.2. The van der Waals surface area contributed by atoms with Gasteiger partial charge in [-0.3, -0.25) is 4.79 Å². The van der Waals surface area contributed by atoms with Crippen molar-refractivity contribution >= 4 is 27.5 Å². The van der Waals surface area contributed by atoms with Gasteiger partial charge in [-0.2, -0.15) is 0 Å². The Morgan fingerprint density at radius 1 is 1.19 bits per heavy atom. The van der Waals surface area contributed by atoms with Crippen LogP contribution in [0.1, 0.15) is 11.1 Å². The monoisotopic (exact) mass is 350 g/mol. The second-order valence-corrected chi connectivity index (χ2v) is 5.55. The van der Waals surface area contributed by atoms with Gasteiger partial charge in [0.05, 0.1) is 6.42 Å². The van der Waals surface area contributed by atoms with Crippen LogP contribution in [0.2, 0.25) is 0 Å². The number of amides is 1. The molecule has 2 rings (SSSR count). The highest BCUT2D eigenvalue weighted by atomic mass is 79.9. The summed E-state index contributed by atoms with van der Waals surface area (Å²) in [7, 11) is 1.62. The first-order valence-corrected chi connectivity index (χ1v) is 7.35. The first-order valence-electron chi connectivity index (χ1n) is 6.56. The third-order valence-electron chi connectivity index (χ3n) is 3.09. The van der Waals surface area contributed by atoms with Gasteiger partial charge in [0.15, 0.2) is 0 Å². The largest absolute Gasteiger partial charge is 0.381 e. The topological polar surface area (TPSA) is 41.1 Å². The highest BCUT2D eigenvalue weighted by Gasteiger charge is 2.04. The number of benzene rings is 2. The average molecular weight is 351 g/mol. The molecular weight excluding hydrogens is 335 g/mol. The SMILES string of the molecule is CNC(=O)Cc1ccc(NCc2cc(Br)ccc2F)cc1. The Labute approximate surface area is 131 Å². The van der Waals surface area contributed by atoms with E-state index in [1.54, 1.807) is 19.2 Å². The molecular formula is C16H16BrFN2O. The Kier molecular flexibility index (Phi) is 5.33. The molecule has 5 heteroatoms. The summed E-state index contributed by atoms with van der Waals surface area (Å²) in [6.07, 6.45) is 0.358. The van der Waals surface area contributed by atoms with Gasteiger partial charge < -0.3 is 10.6 Å². The van der Waals surface area contributed by atoms with Crippen molar-refractivity contribution in [2.24, 2.45) is 0 Å². The van der Waals surface area contributed by atoms with Crippen LogP contribution in [0.5, 0.6) is 0 Å². The number of hydrogen-bond acceptors (Lipinski definition) is 2. The van der Waals surface area contributed by atoms with Gasteiger partial charge in [0.2, 0.25) is 5.91 Å². The molecule has 0 saturated heterocycles. The third-order valence-corrected chi connectivity index (χ3v) is 3.58. The molecule has 0 aromatic heterocycles. The standard InChI is InChI=1S/C16H16BrFN2O/c1-19-16(21)8-11-2-5-14(6-3-11)20-10-12-9-13(17)4-7-15(12)18/h2-7,9,20H,8,10H2,1H3,(H,19,21). The van der Waals surface area contributed by atoms with Crippen LogP contribution in [0.25, 0.3) is 0 Å². The highest BCUT2D eigenvalue weighted by molar-refractivity contribution is 9.10. The van der Waals surface area contributed by atoms with Gasteiger partial charge >= 0.3 is 0 Å². The molecule has 21 heavy (non-hydrogen) atoms. The minimum absolute atomic E-state index is 0.0214. The van der Waals surface area contributed by atoms with Crippen LogP contribution in [0, 0.1) is 5.82 Å². The Bertz CT molecular complexity index is 629. The number of nitrogens with one attached hydrogen (secondary N) is 2. The summed E-state index contributed by atoms with van der Waals surface area (Å²) in [5, 5.41) is 5.75. The number of likely N-dealkylation sites (N-methyl/N-ethyl adjacent to an activating group) is 1. The molecule has 1 amide bonds. The number of halogens is 2. The quantitative estimate of drug-likeness (QED) is 0.866. The number of anilines is 1. The van der Waals surface area contributed by atoms with E-state index in [2.05, 4.69) is 26.6 Å². The fraction of sp³-hybridized carbons (Fsp3) is 0.188. The summed E-state index contributed by atoms with van der Waals surface area (Å²) in [6, 6.07) is 12.4. The lowest BCUT2D eigenvalue weighted by Crippen LogP contribution is -2.19. The lowest BCUT2D eigenvalue weighted by Gasteiger charge is -2.09. The average Bonchev–Trinajstić information content (AvgIpc) is 2.49. The highest BCUT2D eigenvalue weighted by Crippen LogP contribution is 2.17. The Hall–Kier alpha value is -1.88. The number of rotatable bonds is 5. The Morgan fingerprint density at radius 2 is 1.90 bits per heavy atom. The second kappa shape index (κ2) is 7.22. The van der Waals surface area contributed by atoms with Gasteiger partial charge in [0.1, 0.15) is 5.82 Å². The van der Waals surface area contributed by atoms with E-state index in [4.69, 9.17) is 0 Å². The molecule has 3 nitrogen and oxygen atoms in total. The first-order chi connectivity index (χ1) is 10.1. The molecule has 0 aliphatic rings. The van der Waals surface area contributed by atoms with E-state index in [1.807, 2.05) is 24.3 Å². The van der Waals surface area contributed by atoms with Crippen molar-refractivity contribution < 1.29 is 9.18 Å². The molecule has 0 bridgehead atoms. The molecule has 0 radical (unpaired) electrons. The normalized spacial score (nSPS) is 10.2. The van der Waals surface area contributed by atoms with E-state index in [0.29, 0.717) is 18.5 Å². The van der Waals surface area contributed by atoms with Crippen molar-refractivity contribution in [3.8, 4) is 0 Å². The molecule has 0 aliphatic carbocycles.